The smallest absolute Gasteiger partial charge is 0.221 e. The van der Waals surface area contributed by atoms with Crippen LogP contribution in [0.15, 0.2) is 0 Å². The van der Waals surface area contributed by atoms with Crippen LogP contribution in [-0.4, -0.2) is 11.0 Å². The van der Waals surface area contributed by atoms with Crippen LogP contribution in [0.25, 0.3) is 0 Å². The van der Waals surface area contributed by atoms with Crippen molar-refractivity contribution < 1.29 is 9.59 Å². The van der Waals surface area contributed by atoms with E-state index in [0.717, 1.165) is 44.9 Å². The standard InChI is InChI=1S/C12H21ClO2/c1-2-3-5-8-11(14)9-6-4-7-10-12(13)15/h2-10H2,1H3. The van der Waals surface area contributed by atoms with Crippen molar-refractivity contribution in [1.29, 1.82) is 0 Å². The molecule has 0 amide bonds. The molecular weight excluding hydrogens is 212 g/mol. The Morgan fingerprint density at radius 3 is 1.93 bits per heavy atom. The van der Waals surface area contributed by atoms with Gasteiger partial charge in [0.05, 0.1) is 0 Å². The number of rotatable bonds is 10. The molecule has 0 aliphatic heterocycles. The Bertz CT molecular complexity index is 190. The summed E-state index contributed by atoms with van der Waals surface area (Å²) < 4.78 is 0. The van der Waals surface area contributed by atoms with E-state index in [0.29, 0.717) is 18.6 Å². The molecule has 0 rings (SSSR count). The Morgan fingerprint density at radius 1 is 0.867 bits per heavy atom. The van der Waals surface area contributed by atoms with Crippen molar-refractivity contribution in [2.75, 3.05) is 0 Å². The zero-order valence-corrected chi connectivity index (χ0v) is 10.3. The maximum atomic E-state index is 11.3. The fraction of sp³-hybridized carbons (Fsp3) is 0.833. The van der Waals surface area contributed by atoms with Gasteiger partial charge >= 0.3 is 0 Å². The predicted octanol–water partition coefficient (Wildman–Crippen LogP) is 3.85. The molecule has 0 N–H and O–H groups in total. The average Bonchev–Trinajstić information content (AvgIpc) is 2.17. The van der Waals surface area contributed by atoms with E-state index in [1.54, 1.807) is 0 Å². The van der Waals surface area contributed by atoms with Crippen LogP contribution in [0.2, 0.25) is 0 Å². The molecule has 0 bridgehead atoms. The predicted molar refractivity (Wildman–Crippen MR) is 63.1 cm³/mol. The van der Waals surface area contributed by atoms with E-state index in [4.69, 9.17) is 11.6 Å². The van der Waals surface area contributed by atoms with Crippen LogP contribution in [0, 0.1) is 0 Å². The van der Waals surface area contributed by atoms with E-state index in [-0.39, 0.29) is 5.24 Å². The molecular formula is C12H21ClO2. The highest BCUT2D eigenvalue weighted by molar-refractivity contribution is 6.63. The summed E-state index contributed by atoms with van der Waals surface area (Å²) in [5.74, 6) is 0.362. The van der Waals surface area contributed by atoms with Crippen LogP contribution in [0.5, 0.6) is 0 Å². The summed E-state index contributed by atoms with van der Waals surface area (Å²) >= 11 is 5.20. The minimum Gasteiger partial charge on any atom is -0.300 e. The third-order valence-corrected chi connectivity index (χ3v) is 2.58. The third kappa shape index (κ3) is 11.6. The first-order chi connectivity index (χ1) is 7.16. The van der Waals surface area contributed by atoms with Gasteiger partial charge in [-0.15, -0.1) is 0 Å². The van der Waals surface area contributed by atoms with Gasteiger partial charge in [-0.05, 0) is 30.9 Å². The van der Waals surface area contributed by atoms with Crippen molar-refractivity contribution in [3.8, 4) is 0 Å². The maximum Gasteiger partial charge on any atom is 0.221 e. The number of halogens is 1. The first-order valence-electron chi connectivity index (χ1n) is 5.86. The van der Waals surface area contributed by atoms with Gasteiger partial charge in [0, 0.05) is 19.3 Å². The highest BCUT2D eigenvalue weighted by Crippen LogP contribution is 2.08. The van der Waals surface area contributed by atoms with Gasteiger partial charge in [0.1, 0.15) is 5.78 Å². The molecule has 0 aromatic carbocycles. The monoisotopic (exact) mass is 232 g/mol. The molecule has 0 aliphatic carbocycles. The van der Waals surface area contributed by atoms with Crippen molar-refractivity contribution in [3.63, 3.8) is 0 Å². The number of hydrogen-bond acceptors (Lipinski definition) is 2. The van der Waals surface area contributed by atoms with Gasteiger partial charge in [0.2, 0.25) is 5.24 Å². The van der Waals surface area contributed by atoms with E-state index in [2.05, 4.69) is 6.92 Å². The van der Waals surface area contributed by atoms with E-state index >= 15 is 0 Å². The van der Waals surface area contributed by atoms with Crippen molar-refractivity contribution >= 4 is 22.6 Å². The molecule has 0 saturated carbocycles. The zero-order chi connectivity index (χ0) is 11.5. The molecule has 0 radical (unpaired) electrons. The fourth-order valence-electron chi connectivity index (χ4n) is 1.46. The Morgan fingerprint density at radius 2 is 1.40 bits per heavy atom. The van der Waals surface area contributed by atoms with Gasteiger partial charge in [-0.1, -0.05) is 26.2 Å². The van der Waals surface area contributed by atoms with E-state index in [1.807, 2.05) is 0 Å². The van der Waals surface area contributed by atoms with Crippen molar-refractivity contribution in [3.05, 3.63) is 0 Å². The quantitative estimate of drug-likeness (QED) is 0.424. The zero-order valence-electron chi connectivity index (χ0n) is 9.56. The van der Waals surface area contributed by atoms with E-state index < -0.39 is 0 Å². The highest BCUT2D eigenvalue weighted by atomic mass is 35.5. The lowest BCUT2D eigenvalue weighted by atomic mass is 10.1. The molecule has 0 aromatic heterocycles. The van der Waals surface area contributed by atoms with Gasteiger partial charge in [0.25, 0.3) is 0 Å². The van der Waals surface area contributed by atoms with Crippen molar-refractivity contribution in [2.45, 2.75) is 64.7 Å². The van der Waals surface area contributed by atoms with Gasteiger partial charge in [-0.2, -0.15) is 0 Å². The van der Waals surface area contributed by atoms with Gasteiger partial charge in [-0.3, -0.25) is 9.59 Å². The SMILES string of the molecule is CCCCCC(=O)CCCCCC(=O)Cl. The van der Waals surface area contributed by atoms with Crippen LogP contribution in [-0.2, 0) is 9.59 Å². The lowest BCUT2D eigenvalue weighted by molar-refractivity contribution is -0.119. The molecule has 0 heterocycles. The molecule has 0 aromatic rings. The summed E-state index contributed by atoms with van der Waals surface area (Å²) in [6.07, 6.45) is 7.79. The third-order valence-electron chi connectivity index (χ3n) is 2.39. The van der Waals surface area contributed by atoms with E-state index in [1.165, 1.54) is 0 Å². The average molecular weight is 233 g/mol. The second-order valence-corrected chi connectivity index (χ2v) is 4.33. The summed E-state index contributed by atoms with van der Waals surface area (Å²) in [4.78, 5) is 21.7. The normalized spacial score (nSPS) is 10.3. The second kappa shape index (κ2) is 10.2. The fourth-order valence-corrected chi connectivity index (χ4v) is 1.59. The van der Waals surface area contributed by atoms with Gasteiger partial charge in [0.15, 0.2) is 0 Å². The number of ketones is 1. The van der Waals surface area contributed by atoms with Crippen LogP contribution < -0.4 is 0 Å². The number of unbranched alkanes of at least 4 members (excludes halogenated alkanes) is 4. The number of hydrogen-bond donors (Lipinski definition) is 0. The Hall–Kier alpha value is -0.370. The lowest BCUT2D eigenvalue weighted by Crippen LogP contribution is -1.97. The Balaban J connectivity index is 3.20. The molecule has 0 saturated heterocycles. The molecule has 88 valence electrons. The van der Waals surface area contributed by atoms with Crippen LogP contribution >= 0.6 is 11.6 Å². The highest BCUT2D eigenvalue weighted by Gasteiger charge is 2.02. The van der Waals surface area contributed by atoms with Gasteiger partial charge in [-0.25, -0.2) is 0 Å². The second-order valence-electron chi connectivity index (χ2n) is 3.91. The number of carbonyl (C=O) groups is 2. The summed E-state index contributed by atoms with van der Waals surface area (Å²) in [5.41, 5.74) is 0. The molecule has 3 heteroatoms. The van der Waals surface area contributed by atoms with Crippen LogP contribution in [0.3, 0.4) is 0 Å². The molecule has 0 spiro atoms. The Kier molecular flexibility index (Phi) is 9.91. The molecule has 0 atom stereocenters. The van der Waals surface area contributed by atoms with Crippen LogP contribution in [0.4, 0.5) is 0 Å². The van der Waals surface area contributed by atoms with Crippen LogP contribution in [0.1, 0.15) is 64.7 Å². The van der Waals surface area contributed by atoms with Gasteiger partial charge < -0.3 is 0 Å². The van der Waals surface area contributed by atoms with Crippen molar-refractivity contribution in [2.24, 2.45) is 0 Å². The summed E-state index contributed by atoms with van der Waals surface area (Å²) in [7, 11) is 0. The minimum absolute atomic E-state index is 0.274. The minimum atomic E-state index is -0.274. The maximum absolute atomic E-state index is 11.3. The summed E-state index contributed by atoms with van der Waals surface area (Å²) in [6, 6.07) is 0. The van der Waals surface area contributed by atoms with E-state index in [9.17, 15) is 9.59 Å². The summed E-state index contributed by atoms with van der Waals surface area (Å²) in [5, 5.41) is -0.274. The first-order valence-corrected chi connectivity index (χ1v) is 6.24. The molecule has 2 nitrogen and oxygen atoms in total. The molecule has 0 unspecified atom stereocenters. The molecule has 15 heavy (non-hydrogen) atoms. The first kappa shape index (κ1) is 14.6. The summed E-state index contributed by atoms with van der Waals surface area (Å²) in [6.45, 7) is 2.13. The molecule has 0 fully saturated rings. The number of carbonyl (C=O) groups excluding carboxylic acids is 2. The topological polar surface area (TPSA) is 34.1 Å². The number of Topliss-reactive ketones (excluding diaryl/α,β-unsaturated/α-hetero) is 1. The lowest BCUT2D eigenvalue weighted by Gasteiger charge is -2.00. The largest absolute Gasteiger partial charge is 0.300 e. The Labute approximate surface area is 97.4 Å². The molecule has 0 aliphatic rings. The van der Waals surface area contributed by atoms with Crippen molar-refractivity contribution in [1.82, 2.24) is 0 Å².